The van der Waals surface area contributed by atoms with Crippen molar-refractivity contribution in [3.05, 3.63) is 35.4 Å². The Balaban J connectivity index is 2.11. The molecule has 0 bridgehead atoms. The molecule has 3 nitrogen and oxygen atoms in total. The van der Waals surface area contributed by atoms with Crippen LogP contribution in [0.1, 0.15) is 37.3 Å². The third kappa shape index (κ3) is 3.55. The zero-order valence-electron chi connectivity index (χ0n) is 12.7. The Bertz CT molecular complexity index is 475. The number of aryl methyl sites for hydroxylation is 1. The Labute approximate surface area is 126 Å². The zero-order valence-corrected chi connectivity index (χ0v) is 13.5. The maximum atomic E-state index is 12.3. The van der Waals surface area contributed by atoms with Gasteiger partial charge in [-0.05, 0) is 19.4 Å². The fraction of sp³-hybridized carbons (Fsp3) is 0.562. The van der Waals surface area contributed by atoms with Crippen LogP contribution in [0.25, 0.3) is 0 Å². The van der Waals surface area contributed by atoms with Gasteiger partial charge in [-0.3, -0.25) is 4.79 Å². The van der Waals surface area contributed by atoms with Crippen molar-refractivity contribution in [3.63, 3.8) is 0 Å². The predicted molar refractivity (Wildman–Crippen MR) is 85.8 cm³/mol. The maximum Gasteiger partial charge on any atom is 0.236 e. The second-order valence-electron chi connectivity index (χ2n) is 5.69. The Kier molecular flexibility index (Phi) is 5.11. The molecule has 0 saturated carbocycles. The molecule has 2 unspecified atom stereocenters. The molecule has 1 amide bonds. The maximum absolute atomic E-state index is 12.3. The molecular weight excluding hydrogens is 268 g/mol. The summed E-state index contributed by atoms with van der Waals surface area (Å²) in [6.07, 6.45) is 0. The molecule has 4 heteroatoms. The lowest BCUT2D eigenvalue weighted by Gasteiger charge is -2.25. The highest BCUT2D eigenvalue weighted by Crippen LogP contribution is 2.42. The number of thioether (sulfide) groups is 1. The van der Waals surface area contributed by atoms with Crippen LogP contribution in [-0.4, -0.2) is 35.2 Å². The highest BCUT2D eigenvalue weighted by Gasteiger charge is 2.37. The fourth-order valence-electron chi connectivity index (χ4n) is 2.46. The number of nitrogens with zero attached hydrogens (tertiary/aromatic N) is 1. The molecule has 110 valence electrons. The highest BCUT2D eigenvalue weighted by molar-refractivity contribution is 8.01. The molecule has 1 N–H and O–H groups in total. The molecule has 1 aliphatic rings. The van der Waals surface area contributed by atoms with Gasteiger partial charge in [0.15, 0.2) is 0 Å². The van der Waals surface area contributed by atoms with Crippen LogP contribution in [0, 0.1) is 6.92 Å². The summed E-state index contributed by atoms with van der Waals surface area (Å²) >= 11 is 1.75. The van der Waals surface area contributed by atoms with Crippen LogP contribution < -0.4 is 5.32 Å². The van der Waals surface area contributed by atoms with Gasteiger partial charge in [-0.15, -0.1) is 11.8 Å². The van der Waals surface area contributed by atoms with Gasteiger partial charge >= 0.3 is 0 Å². The second-order valence-corrected chi connectivity index (χ2v) is 7.11. The summed E-state index contributed by atoms with van der Waals surface area (Å²) in [5.41, 5.74) is 2.48. The average Bonchev–Trinajstić information content (AvgIpc) is 2.66. The van der Waals surface area contributed by atoms with Gasteiger partial charge in [-0.2, -0.15) is 0 Å². The van der Waals surface area contributed by atoms with Crippen molar-refractivity contribution in [3.8, 4) is 0 Å². The van der Waals surface area contributed by atoms with Crippen LogP contribution in [0.15, 0.2) is 24.3 Å². The first-order valence-corrected chi connectivity index (χ1v) is 8.19. The molecule has 1 heterocycles. The Morgan fingerprint density at radius 1 is 1.40 bits per heavy atom. The standard InChI is InChI=1S/C16H24N2OS/c1-11(2)17-8-9-18-15(19)13(4)20-16(18)14-7-5-6-12(3)10-14/h5-7,10-11,13,16-17H,8-9H2,1-4H3. The van der Waals surface area contributed by atoms with E-state index >= 15 is 0 Å². The number of rotatable bonds is 5. The monoisotopic (exact) mass is 292 g/mol. The molecule has 1 fully saturated rings. The lowest BCUT2D eigenvalue weighted by Crippen LogP contribution is -2.38. The molecule has 2 atom stereocenters. The number of carbonyl (C=O) groups is 1. The van der Waals surface area contributed by atoms with E-state index in [1.165, 1.54) is 11.1 Å². The minimum Gasteiger partial charge on any atom is -0.324 e. The summed E-state index contributed by atoms with van der Waals surface area (Å²) in [5, 5.41) is 3.60. The van der Waals surface area contributed by atoms with Crippen molar-refractivity contribution < 1.29 is 4.79 Å². The Hall–Kier alpha value is -1.00. The molecule has 0 aliphatic carbocycles. The van der Waals surface area contributed by atoms with E-state index in [2.05, 4.69) is 50.4 Å². The average molecular weight is 292 g/mol. The Morgan fingerprint density at radius 3 is 2.80 bits per heavy atom. The van der Waals surface area contributed by atoms with Crippen molar-refractivity contribution in [2.75, 3.05) is 13.1 Å². The lowest BCUT2D eigenvalue weighted by molar-refractivity contribution is -0.129. The van der Waals surface area contributed by atoms with Gasteiger partial charge in [0.25, 0.3) is 0 Å². The smallest absolute Gasteiger partial charge is 0.236 e. The van der Waals surface area contributed by atoms with Gasteiger partial charge in [0.1, 0.15) is 5.37 Å². The van der Waals surface area contributed by atoms with E-state index in [-0.39, 0.29) is 16.5 Å². The van der Waals surface area contributed by atoms with Crippen LogP contribution in [0.4, 0.5) is 0 Å². The lowest BCUT2D eigenvalue weighted by atomic mass is 10.1. The van der Waals surface area contributed by atoms with Crippen molar-refractivity contribution in [2.45, 2.75) is 44.4 Å². The summed E-state index contributed by atoms with van der Waals surface area (Å²) in [6, 6.07) is 8.93. The van der Waals surface area contributed by atoms with Crippen LogP contribution in [0.3, 0.4) is 0 Å². The van der Waals surface area contributed by atoms with Crippen LogP contribution >= 0.6 is 11.8 Å². The third-order valence-electron chi connectivity index (χ3n) is 3.48. The minimum absolute atomic E-state index is 0.0552. The van der Waals surface area contributed by atoms with E-state index in [9.17, 15) is 4.79 Å². The predicted octanol–water partition coefficient (Wildman–Crippen LogP) is 2.96. The summed E-state index contributed by atoms with van der Waals surface area (Å²) in [6.45, 7) is 9.97. The van der Waals surface area contributed by atoms with Crippen LogP contribution in [-0.2, 0) is 4.79 Å². The number of hydrogen-bond donors (Lipinski definition) is 1. The molecule has 20 heavy (non-hydrogen) atoms. The molecule has 0 radical (unpaired) electrons. The Morgan fingerprint density at radius 2 is 2.15 bits per heavy atom. The third-order valence-corrected chi connectivity index (χ3v) is 4.87. The van der Waals surface area contributed by atoms with Crippen LogP contribution in [0.2, 0.25) is 0 Å². The number of nitrogens with one attached hydrogen (secondary N) is 1. The first-order valence-electron chi connectivity index (χ1n) is 7.25. The van der Waals surface area contributed by atoms with E-state index in [1.807, 2.05) is 11.8 Å². The fourth-order valence-corrected chi connectivity index (χ4v) is 3.76. The van der Waals surface area contributed by atoms with Crippen molar-refractivity contribution in [1.82, 2.24) is 10.2 Å². The summed E-state index contributed by atoms with van der Waals surface area (Å²) in [4.78, 5) is 14.3. The van der Waals surface area contributed by atoms with Gasteiger partial charge in [-0.25, -0.2) is 0 Å². The minimum atomic E-state index is 0.0552. The molecule has 1 aromatic carbocycles. The van der Waals surface area contributed by atoms with E-state index in [4.69, 9.17) is 0 Å². The molecule has 2 rings (SSSR count). The molecule has 0 aromatic heterocycles. The van der Waals surface area contributed by atoms with Gasteiger partial charge in [-0.1, -0.05) is 43.7 Å². The topological polar surface area (TPSA) is 32.3 Å². The molecule has 1 aliphatic heterocycles. The molecule has 1 saturated heterocycles. The molecule has 1 aromatic rings. The number of benzene rings is 1. The first-order chi connectivity index (χ1) is 9.49. The second kappa shape index (κ2) is 6.64. The number of amides is 1. The highest BCUT2D eigenvalue weighted by atomic mass is 32.2. The number of hydrogen-bond acceptors (Lipinski definition) is 3. The normalized spacial score (nSPS) is 22.9. The largest absolute Gasteiger partial charge is 0.324 e. The van der Waals surface area contributed by atoms with Gasteiger partial charge < -0.3 is 10.2 Å². The van der Waals surface area contributed by atoms with Crippen molar-refractivity contribution >= 4 is 17.7 Å². The summed E-state index contributed by atoms with van der Waals surface area (Å²) < 4.78 is 0. The van der Waals surface area contributed by atoms with E-state index in [0.717, 1.165) is 13.1 Å². The van der Waals surface area contributed by atoms with Crippen molar-refractivity contribution in [1.29, 1.82) is 0 Å². The SMILES string of the molecule is Cc1cccc(C2SC(C)C(=O)N2CCNC(C)C)c1. The van der Waals surface area contributed by atoms with E-state index < -0.39 is 0 Å². The molecule has 0 spiro atoms. The zero-order chi connectivity index (χ0) is 14.7. The van der Waals surface area contributed by atoms with Gasteiger partial charge in [0.05, 0.1) is 5.25 Å². The van der Waals surface area contributed by atoms with Gasteiger partial charge in [0, 0.05) is 19.1 Å². The quantitative estimate of drug-likeness (QED) is 0.905. The summed E-state index contributed by atoms with van der Waals surface area (Å²) in [7, 11) is 0. The number of carbonyl (C=O) groups excluding carboxylic acids is 1. The molecular formula is C16H24N2OS. The summed E-state index contributed by atoms with van der Waals surface area (Å²) in [5.74, 6) is 0.257. The first kappa shape index (κ1) is 15.4. The van der Waals surface area contributed by atoms with E-state index in [0.29, 0.717) is 6.04 Å². The van der Waals surface area contributed by atoms with E-state index in [1.54, 1.807) is 11.8 Å². The van der Waals surface area contributed by atoms with Gasteiger partial charge in [0.2, 0.25) is 5.91 Å². The van der Waals surface area contributed by atoms with Crippen LogP contribution in [0.5, 0.6) is 0 Å². The van der Waals surface area contributed by atoms with Crippen molar-refractivity contribution in [2.24, 2.45) is 0 Å².